The maximum absolute atomic E-state index is 14.3. The molecule has 0 radical (unpaired) electrons. The van der Waals surface area contributed by atoms with E-state index < -0.39 is 23.6 Å². The number of nitrogens with zero attached hydrogens (tertiary/aromatic N) is 3. The zero-order valence-corrected chi connectivity index (χ0v) is 20.4. The zero-order chi connectivity index (χ0) is 27.0. The first-order valence-electron chi connectivity index (χ1n) is 11.6. The largest absolute Gasteiger partial charge is 0.488 e. The topological polar surface area (TPSA) is 113 Å². The molecule has 2 unspecified atom stereocenters. The summed E-state index contributed by atoms with van der Waals surface area (Å²) in [6.45, 7) is 2.34. The molecular weight excluding hydrogens is 492 g/mol. The fourth-order valence-electron chi connectivity index (χ4n) is 4.44. The Morgan fingerprint density at radius 3 is 2.62 bits per heavy atom. The Kier molecular flexibility index (Phi) is 7.36. The van der Waals surface area contributed by atoms with Crippen LogP contribution in [0, 0.1) is 16.6 Å². The van der Waals surface area contributed by atoms with Crippen LogP contribution in [-0.2, 0) is 4.74 Å². The number of hydrogen-bond acceptors (Lipinski definition) is 7. The van der Waals surface area contributed by atoms with Gasteiger partial charge in [-0.3, -0.25) is 20.3 Å². The van der Waals surface area contributed by atoms with Crippen molar-refractivity contribution in [3.63, 3.8) is 0 Å². The van der Waals surface area contributed by atoms with E-state index in [1.807, 2.05) is 0 Å². The van der Waals surface area contributed by atoms with Crippen LogP contribution in [0.15, 0.2) is 42.6 Å². The van der Waals surface area contributed by atoms with Crippen molar-refractivity contribution in [2.45, 2.75) is 31.1 Å². The minimum Gasteiger partial charge on any atom is -0.488 e. The number of nitrogens with two attached hydrogens (primary N) is 1. The Morgan fingerprint density at radius 2 is 1.97 bits per heavy atom. The molecule has 4 rings (SSSR count). The summed E-state index contributed by atoms with van der Waals surface area (Å²) in [6, 6.07) is 6.17. The van der Waals surface area contributed by atoms with Gasteiger partial charge in [-0.1, -0.05) is 12.1 Å². The molecule has 37 heavy (non-hydrogen) atoms. The first kappa shape index (κ1) is 26.7. The Balaban J connectivity index is 1.69. The van der Waals surface area contributed by atoms with Crippen LogP contribution >= 0.6 is 0 Å². The molecule has 198 valence electrons. The second-order valence-electron chi connectivity index (χ2n) is 9.40. The third kappa shape index (κ3) is 5.81. The van der Waals surface area contributed by atoms with Crippen LogP contribution in [0.1, 0.15) is 30.6 Å². The van der Waals surface area contributed by atoms with Crippen LogP contribution in [0.5, 0.6) is 5.75 Å². The van der Waals surface area contributed by atoms with Crippen molar-refractivity contribution < 1.29 is 27.0 Å². The van der Waals surface area contributed by atoms with Crippen molar-refractivity contribution in [1.82, 2.24) is 14.5 Å². The van der Waals surface area contributed by atoms with E-state index in [0.29, 0.717) is 17.3 Å². The average molecular weight is 521 g/mol. The van der Waals surface area contributed by atoms with Gasteiger partial charge in [-0.2, -0.15) is 13.2 Å². The summed E-state index contributed by atoms with van der Waals surface area (Å²) < 4.78 is 68.2. The van der Waals surface area contributed by atoms with E-state index in [1.54, 1.807) is 13.0 Å². The van der Waals surface area contributed by atoms with E-state index in [9.17, 15) is 17.6 Å². The van der Waals surface area contributed by atoms with Crippen molar-refractivity contribution in [2.75, 3.05) is 33.4 Å². The average Bonchev–Trinajstić information content (AvgIpc) is 3.17. The molecule has 3 aromatic rings. The molecule has 8 nitrogen and oxygen atoms in total. The van der Waals surface area contributed by atoms with Crippen LogP contribution in [-0.4, -0.2) is 65.4 Å². The van der Waals surface area contributed by atoms with Gasteiger partial charge in [-0.15, -0.1) is 0 Å². The third-order valence-electron chi connectivity index (χ3n) is 6.27. The highest BCUT2D eigenvalue weighted by atomic mass is 19.4. The second-order valence-corrected chi connectivity index (χ2v) is 9.40. The number of alkyl halides is 3. The van der Waals surface area contributed by atoms with Gasteiger partial charge >= 0.3 is 6.18 Å². The number of pyridine rings is 2. The van der Waals surface area contributed by atoms with Crippen molar-refractivity contribution in [3.8, 4) is 5.75 Å². The van der Waals surface area contributed by atoms with Gasteiger partial charge in [0.25, 0.3) is 0 Å². The Hall–Kier alpha value is -3.35. The molecule has 0 saturated carbocycles. The Bertz CT molecular complexity index is 1370. The quantitative estimate of drug-likeness (QED) is 0.191. The first-order valence-corrected chi connectivity index (χ1v) is 11.6. The number of benzene rings is 1. The number of nitrogens with one attached hydrogen (secondary N) is 2. The standard InChI is InChI=1S/C25H28F4N6O2/c1-24(32)7-8-34(14-24)22(25(27,28)29)16-4-6-21(30)35(13-16)23(31)18-5-3-15-11-17(26)20(12-19(15)33-18)37-10-9-36-2/h3-6,11-13,22,30-31H,7-10,14,32H2,1-2H3. The van der Waals surface area contributed by atoms with Gasteiger partial charge in [-0.05, 0) is 37.1 Å². The van der Waals surface area contributed by atoms with Crippen molar-refractivity contribution in [2.24, 2.45) is 5.73 Å². The van der Waals surface area contributed by atoms with E-state index in [2.05, 4.69) is 4.98 Å². The minimum absolute atomic E-state index is 0.0397. The number of ether oxygens (including phenoxy) is 2. The number of fused-ring (bicyclic) bond motifs is 1. The molecule has 4 N–H and O–H groups in total. The predicted octanol–water partition coefficient (Wildman–Crippen LogP) is 3.58. The van der Waals surface area contributed by atoms with Gasteiger partial charge < -0.3 is 15.2 Å². The summed E-state index contributed by atoms with van der Waals surface area (Å²) in [5, 5.41) is 17.3. The molecule has 0 bridgehead atoms. The number of methoxy groups -OCH3 is 1. The van der Waals surface area contributed by atoms with E-state index in [1.165, 1.54) is 42.3 Å². The SMILES string of the molecule is COCCOc1cc2nc(C(=N)n3cc(C(N4CCC(C)(N)C4)C(F)(F)F)ccc3=N)ccc2cc1F. The molecule has 1 aromatic carbocycles. The van der Waals surface area contributed by atoms with Crippen LogP contribution in [0.2, 0.25) is 0 Å². The fourth-order valence-corrected chi connectivity index (χ4v) is 4.44. The molecule has 2 aromatic heterocycles. The summed E-state index contributed by atoms with van der Waals surface area (Å²) in [5.74, 6) is -0.925. The maximum atomic E-state index is 14.3. The molecule has 1 aliphatic heterocycles. The molecule has 0 aliphatic carbocycles. The van der Waals surface area contributed by atoms with Gasteiger partial charge in [0.1, 0.15) is 23.8 Å². The number of aromatic nitrogens is 2. The van der Waals surface area contributed by atoms with Crippen LogP contribution < -0.4 is 16.0 Å². The van der Waals surface area contributed by atoms with Crippen LogP contribution in [0.4, 0.5) is 17.6 Å². The Labute approximate surface area is 210 Å². The highest BCUT2D eigenvalue weighted by Gasteiger charge is 2.48. The van der Waals surface area contributed by atoms with Crippen molar-refractivity contribution in [3.05, 3.63) is 65.2 Å². The first-order chi connectivity index (χ1) is 17.4. The van der Waals surface area contributed by atoms with Crippen LogP contribution in [0.3, 0.4) is 0 Å². The monoisotopic (exact) mass is 520 g/mol. The fraction of sp³-hybridized carbons (Fsp3) is 0.400. The Morgan fingerprint density at radius 1 is 1.22 bits per heavy atom. The summed E-state index contributed by atoms with van der Waals surface area (Å²) >= 11 is 0. The number of likely N-dealkylation sites (tertiary alicyclic amines) is 1. The number of rotatable bonds is 7. The highest BCUT2D eigenvalue weighted by Crippen LogP contribution is 2.40. The lowest BCUT2D eigenvalue weighted by atomic mass is 10.0. The summed E-state index contributed by atoms with van der Waals surface area (Å²) in [4.78, 5) is 5.67. The molecule has 1 saturated heterocycles. The molecule has 3 heterocycles. The van der Waals surface area contributed by atoms with Gasteiger partial charge in [-0.25, -0.2) is 9.37 Å². The van der Waals surface area contributed by atoms with Crippen molar-refractivity contribution >= 4 is 16.7 Å². The second kappa shape index (κ2) is 10.2. The molecular formula is C25H28F4N6O2. The lowest BCUT2D eigenvalue weighted by Gasteiger charge is -2.31. The predicted molar refractivity (Wildman–Crippen MR) is 129 cm³/mol. The van der Waals surface area contributed by atoms with E-state index in [-0.39, 0.29) is 54.6 Å². The minimum atomic E-state index is -4.59. The number of halogens is 4. The number of hydrogen-bond donors (Lipinski definition) is 3. The van der Waals surface area contributed by atoms with Crippen molar-refractivity contribution in [1.29, 1.82) is 10.8 Å². The van der Waals surface area contributed by atoms with Gasteiger partial charge in [0.2, 0.25) is 0 Å². The summed E-state index contributed by atoms with van der Waals surface area (Å²) in [5.41, 5.74) is 5.47. The smallest absolute Gasteiger partial charge is 0.408 e. The van der Waals surface area contributed by atoms with E-state index in [4.69, 9.17) is 26.0 Å². The molecule has 2 atom stereocenters. The highest BCUT2D eigenvalue weighted by molar-refractivity contribution is 5.98. The van der Waals surface area contributed by atoms with Gasteiger partial charge in [0, 0.05) is 43.4 Å². The maximum Gasteiger partial charge on any atom is 0.408 e. The van der Waals surface area contributed by atoms with E-state index in [0.717, 1.165) is 10.8 Å². The van der Waals surface area contributed by atoms with E-state index >= 15 is 0 Å². The molecule has 12 heteroatoms. The van der Waals surface area contributed by atoms with Gasteiger partial charge in [0.15, 0.2) is 17.4 Å². The molecule has 1 fully saturated rings. The summed E-state index contributed by atoms with van der Waals surface area (Å²) in [6.07, 6.45) is -3.02. The lowest BCUT2D eigenvalue weighted by molar-refractivity contribution is -0.184. The lowest BCUT2D eigenvalue weighted by Crippen LogP contribution is -2.43. The van der Waals surface area contributed by atoms with Gasteiger partial charge in [0.05, 0.1) is 12.1 Å². The third-order valence-corrected chi connectivity index (χ3v) is 6.27. The summed E-state index contributed by atoms with van der Waals surface area (Å²) in [7, 11) is 1.49. The molecule has 0 amide bonds. The zero-order valence-electron chi connectivity index (χ0n) is 20.4. The normalized spacial score (nSPS) is 19.3. The van der Waals surface area contributed by atoms with Crippen LogP contribution in [0.25, 0.3) is 10.9 Å². The molecule has 1 aliphatic rings. The molecule has 0 spiro atoms.